The molecule has 2 N–H and O–H groups in total. The molecule has 1 saturated carbocycles. The largest absolute Gasteiger partial charge is 0.492 e. The van der Waals surface area contributed by atoms with E-state index in [4.69, 9.17) is 10.5 Å². The van der Waals surface area contributed by atoms with Crippen molar-refractivity contribution in [1.29, 1.82) is 0 Å². The summed E-state index contributed by atoms with van der Waals surface area (Å²) in [5.74, 6) is 1.78. The minimum Gasteiger partial charge on any atom is -0.492 e. The number of hydrogen-bond acceptors (Lipinski definition) is 3. The number of likely N-dealkylation sites (N-methyl/N-ethyl adjacent to an activating group) is 1. The van der Waals surface area contributed by atoms with Crippen molar-refractivity contribution in [3.05, 3.63) is 24.3 Å². The van der Waals surface area contributed by atoms with Gasteiger partial charge in [-0.25, -0.2) is 0 Å². The molecular weight excluding hydrogens is 236 g/mol. The van der Waals surface area contributed by atoms with Crippen LogP contribution in [0, 0.1) is 5.92 Å². The highest BCUT2D eigenvalue weighted by Gasteiger charge is 2.21. The van der Waals surface area contributed by atoms with E-state index in [0.717, 1.165) is 36.5 Å². The molecule has 2 rings (SSSR count). The summed E-state index contributed by atoms with van der Waals surface area (Å²) in [7, 11) is 2.22. The SMILES string of the molecule is CC1CCCC(N(C)CCOc2ccc(N)cc2)C1. The first-order valence-corrected chi connectivity index (χ1v) is 7.33. The van der Waals surface area contributed by atoms with Crippen LogP contribution >= 0.6 is 0 Å². The third-order valence-electron chi connectivity index (χ3n) is 4.12. The molecule has 1 aromatic rings. The van der Waals surface area contributed by atoms with Crippen LogP contribution in [0.4, 0.5) is 5.69 Å². The molecule has 1 aromatic carbocycles. The molecule has 2 unspecified atom stereocenters. The van der Waals surface area contributed by atoms with Crippen LogP contribution in [0.25, 0.3) is 0 Å². The second-order valence-electron chi connectivity index (χ2n) is 5.82. The molecule has 1 fully saturated rings. The van der Waals surface area contributed by atoms with Crippen LogP contribution in [-0.2, 0) is 0 Å². The van der Waals surface area contributed by atoms with E-state index < -0.39 is 0 Å². The highest BCUT2D eigenvalue weighted by Crippen LogP contribution is 2.26. The molecule has 3 heteroatoms. The summed E-state index contributed by atoms with van der Waals surface area (Å²) < 4.78 is 5.75. The molecule has 0 spiro atoms. The quantitative estimate of drug-likeness (QED) is 0.828. The van der Waals surface area contributed by atoms with Crippen molar-refractivity contribution >= 4 is 5.69 Å². The molecule has 0 amide bonds. The maximum absolute atomic E-state index is 5.75. The van der Waals surface area contributed by atoms with Gasteiger partial charge in [-0.15, -0.1) is 0 Å². The second-order valence-corrected chi connectivity index (χ2v) is 5.82. The Labute approximate surface area is 116 Å². The number of nitrogen functional groups attached to an aromatic ring is 1. The minimum atomic E-state index is 0.735. The highest BCUT2D eigenvalue weighted by atomic mass is 16.5. The number of hydrogen-bond donors (Lipinski definition) is 1. The first-order valence-electron chi connectivity index (χ1n) is 7.33. The van der Waals surface area contributed by atoms with E-state index in [1.54, 1.807) is 0 Å². The van der Waals surface area contributed by atoms with Crippen LogP contribution in [0.2, 0.25) is 0 Å². The van der Waals surface area contributed by atoms with Crippen molar-refractivity contribution < 1.29 is 4.74 Å². The summed E-state index contributed by atoms with van der Waals surface area (Å²) in [5, 5.41) is 0. The lowest BCUT2D eigenvalue weighted by Crippen LogP contribution is -2.37. The smallest absolute Gasteiger partial charge is 0.119 e. The Balaban J connectivity index is 1.71. The minimum absolute atomic E-state index is 0.735. The zero-order valence-electron chi connectivity index (χ0n) is 12.1. The maximum atomic E-state index is 5.75. The monoisotopic (exact) mass is 262 g/mol. The molecule has 0 radical (unpaired) electrons. The van der Waals surface area contributed by atoms with Crippen molar-refractivity contribution in [1.82, 2.24) is 4.90 Å². The fraction of sp³-hybridized carbons (Fsp3) is 0.625. The van der Waals surface area contributed by atoms with Gasteiger partial charge in [-0.3, -0.25) is 0 Å². The molecule has 0 heterocycles. The van der Waals surface area contributed by atoms with E-state index in [9.17, 15) is 0 Å². The van der Waals surface area contributed by atoms with Gasteiger partial charge in [-0.05, 0) is 50.1 Å². The summed E-state index contributed by atoms with van der Waals surface area (Å²) in [6.45, 7) is 4.10. The number of anilines is 1. The van der Waals surface area contributed by atoms with Crippen molar-refractivity contribution in [3.63, 3.8) is 0 Å². The van der Waals surface area contributed by atoms with E-state index in [0.29, 0.717) is 0 Å². The van der Waals surface area contributed by atoms with Gasteiger partial charge in [0.15, 0.2) is 0 Å². The molecule has 106 valence electrons. The van der Waals surface area contributed by atoms with Gasteiger partial charge in [-0.2, -0.15) is 0 Å². The van der Waals surface area contributed by atoms with Crippen molar-refractivity contribution in [3.8, 4) is 5.75 Å². The number of nitrogens with zero attached hydrogens (tertiary/aromatic N) is 1. The predicted molar refractivity (Wildman–Crippen MR) is 80.4 cm³/mol. The Hall–Kier alpha value is -1.22. The van der Waals surface area contributed by atoms with Gasteiger partial charge in [0.2, 0.25) is 0 Å². The maximum Gasteiger partial charge on any atom is 0.119 e. The topological polar surface area (TPSA) is 38.5 Å². The van der Waals surface area contributed by atoms with Crippen molar-refractivity contribution in [2.75, 3.05) is 25.9 Å². The summed E-state index contributed by atoms with van der Waals surface area (Å²) in [4.78, 5) is 2.45. The molecule has 1 aliphatic carbocycles. The molecule has 0 aromatic heterocycles. The van der Waals surface area contributed by atoms with Gasteiger partial charge >= 0.3 is 0 Å². The Morgan fingerprint density at radius 2 is 2.00 bits per heavy atom. The average molecular weight is 262 g/mol. The fourth-order valence-corrected chi connectivity index (χ4v) is 2.86. The lowest BCUT2D eigenvalue weighted by Gasteiger charge is -2.34. The van der Waals surface area contributed by atoms with Gasteiger partial charge in [0.25, 0.3) is 0 Å². The molecule has 0 saturated heterocycles. The molecule has 3 nitrogen and oxygen atoms in total. The summed E-state index contributed by atoms with van der Waals surface area (Å²) in [6.07, 6.45) is 5.43. The van der Waals surface area contributed by atoms with Gasteiger partial charge in [0.1, 0.15) is 12.4 Å². The van der Waals surface area contributed by atoms with Crippen molar-refractivity contribution in [2.24, 2.45) is 5.92 Å². The second kappa shape index (κ2) is 6.80. The van der Waals surface area contributed by atoms with Crippen LogP contribution in [0.5, 0.6) is 5.75 Å². The molecule has 1 aliphatic rings. The van der Waals surface area contributed by atoms with E-state index >= 15 is 0 Å². The highest BCUT2D eigenvalue weighted by molar-refractivity contribution is 5.41. The standard InChI is InChI=1S/C16H26N2O/c1-13-4-3-5-15(12-13)18(2)10-11-19-16-8-6-14(17)7-9-16/h6-9,13,15H,3-5,10-12,17H2,1-2H3. The van der Waals surface area contributed by atoms with E-state index in [2.05, 4.69) is 18.9 Å². The molecular formula is C16H26N2O. The number of rotatable bonds is 5. The molecule has 0 aliphatic heterocycles. The zero-order chi connectivity index (χ0) is 13.7. The van der Waals surface area contributed by atoms with Crippen LogP contribution in [0.1, 0.15) is 32.6 Å². The van der Waals surface area contributed by atoms with Crippen LogP contribution < -0.4 is 10.5 Å². The molecule has 19 heavy (non-hydrogen) atoms. The van der Waals surface area contributed by atoms with E-state index in [-0.39, 0.29) is 0 Å². The molecule has 0 bridgehead atoms. The van der Waals surface area contributed by atoms with Crippen molar-refractivity contribution in [2.45, 2.75) is 38.6 Å². The Morgan fingerprint density at radius 1 is 1.26 bits per heavy atom. The van der Waals surface area contributed by atoms with Gasteiger partial charge in [0.05, 0.1) is 0 Å². The third kappa shape index (κ3) is 4.43. The first-order chi connectivity index (χ1) is 9.15. The fourth-order valence-electron chi connectivity index (χ4n) is 2.86. The zero-order valence-corrected chi connectivity index (χ0v) is 12.1. The number of benzene rings is 1. The molecule has 2 atom stereocenters. The lowest BCUT2D eigenvalue weighted by molar-refractivity contribution is 0.141. The number of ether oxygens (including phenoxy) is 1. The number of nitrogens with two attached hydrogens (primary N) is 1. The van der Waals surface area contributed by atoms with Gasteiger partial charge < -0.3 is 15.4 Å². The Morgan fingerprint density at radius 3 is 2.68 bits per heavy atom. The van der Waals surface area contributed by atoms with Gasteiger partial charge in [0, 0.05) is 18.3 Å². The third-order valence-corrected chi connectivity index (χ3v) is 4.12. The Kier molecular flexibility index (Phi) is 5.08. The van der Waals surface area contributed by atoms with Crippen LogP contribution in [0.15, 0.2) is 24.3 Å². The van der Waals surface area contributed by atoms with E-state index in [1.807, 2.05) is 24.3 Å². The summed E-state index contributed by atoms with van der Waals surface area (Å²) in [5.41, 5.74) is 6.43. The van der Waals surface area contributed by atoms with Crippen LogP contribution in [-0.4, -0.2) is 31.1 Å². The normalized spacial score (nSPS) is 23.5. The summed E-state index contributed by atoms with van der Waals surface area (Å²) in [6, 6.07) is 8.35. The van der Waals surface area contributed by atoms with E-state index in [1.165, 1.54) is 25.7 Å². The summed E-state index contributed by atoms with van der Waals surface area (Å²) >= 11 is 0. The predicted octanol–water partition coefficient (Wildman–Crippen LogP) is 3.16. The average Bonchev–Trinajstić information content (AvgIpc) is 2.41. The Bertz CT molecular complexity index is 377. The van der Waals surface area contributed by atoms with Crippen LogP contribution in [0.3, 0.4) is 0 Å². The van der Waals surface area contributed by atoms with Gasteiger partial charge in [-0.1, -0.05) is 19.8 Å². The first kappa shape index (κ1) is 14.2. The lowest BCUT2D eigenvalue weighted by atomic mass is 9.86.